The molecule has 0 bridgehead atoms. The van der Waals surface area contributed by atoms with Crippen LogP contribution in [0.25, 0.3) is 11.3 Å². The van der Waals surface area contributed by atoms with Gasteiger partial charge >= 0.3 is 0 Å². The molecule has 2 rings (SSSR count). The molecule has 1 heterocycles. The first-order valence-electron chi connectivity index (χ1n) is 5.53. The van der Waals surface area contributed by atoms with Crippen molar-refractivity contribution in [3.8, 4) is 17.0 Å². The third kappa shape index (κ3) is 2.53. The van der Waals surface area contributed by atoms with Gasteiger partial charge in [-0.25, -0.2) is 9.97 Å². The molecule has 0 fully saturated rings. The number of hydrogen-bond acceptors (Lipinski definition) is 4. The van der Waals surface area contributed by atoms with Gasteiger partial charge in [0.2, 0.25) is 5.95 Å². The fourth-order valence-electron chi connectivity index (χ4n) is 1.62. The van der Waals surface area contributed by atoms with Gasteiger partial charge in [-0.05, 0) is 43.7 Å². The molecular formula is C13H15N3O. The number of anilines is 1. The average molecular weight is 229 g/mol. The lowest BCUT2D eigenvalue weighted by Crippen LogP contribution is -1.98. The lowest BCUT2D eigenvalue weighted by Gasteiger charge is -2.07. The Morgan fingerprint density at radius 2 is 1.94 bits per heavy atom. The number of nitrogen functional groups attached to an aromatic ring is 1. The van der Waals surface area contributed by atoms with E-state index in [2.05, 4.69) is 9.97 Å². The molecule has 0 aliphatic heterocycles. The summed E-state index contributed by atoms with van der Waals surface area (Å²) in [6, 6.07) is 7.80. The number of aromatic nitrogens is 2. The Kier molecular flexibility index (Phi) is 3.23. The van der Waals surface area contributed by atoms with Gasteiger partial charge in [0.1, 0.15) is 5.75 Å². The molecule has 0 aliphatic rings. The van der Waals surface area contributed by atoms with Crippen LogP contribution >= 0.6 is 0 Å². The van der Waals surface area contributed by atoms with Crippen LogP contribution in [-0.4, -0.2) is 16.6 Å². The van der Waals surface area contributed by atoms with Gasteiger partial charge in [-0.2, -0.15) is 0 Å². The summed E-state index contributed by atoms with van der Waals surface area (Å²) in [4.78, 5) is 8.20. The van der Waals surface area contributed by atoms with E-state index in [0.717, 1.165) is 22.6 Å². The van der Waals surface area contributed by atoms with Crippen LogP contribution in [0.4, 0.5) is 5.95 Å². The quantitative estimate of drug-likeness (QED) is 0.878. The number of hydrogen-bond donors (Lipinski definition) is 1. The van der Waals surface area contributed by atoms with E-state index in [1.54, 1.807) is 6.20 Å². The Morgan fingerprint density at radius 1 is 1.24 bits per heavy atom. The molecule has 0 atom stereocenters. The number of aryl methyl sites for hydroxylation is 1. The molecule has 1 aromatic heterocycles. The predicted octanol–water partition coefficient (Wildman–Crippen LogP) is 2.43. The smallest absolute Gasteiger partial charge is 0.220 e. The minimum Gasteiger partial charge on any atom is -0.494 e. The van der Waals surface area contributed by atoms with Crippen LogP contribution in [0.2, 0.25) is 0 Å². The monoisotopic (exact) mass is 229 g/mol. The zero-order chi connectivity index (χ0) is 12.3. The molecule has 4 nitrogen and oxygen atoms in total. The Balaban J connectivity index is 2.36. The van der Waals surface area contributed by atoms with Crippen LogP contribution in [0.15, 0.2) is 30.5 Å². The lowest BCUT2D eigenvalue weighted by molar-refractivity contribution is 0.340. The van der Waals surface area contributed by atoms with E-state index >= 15 is 0 Å². The maximum Gasteiger partial charge on any atom is 0.220 e. The summed E-state index contributed by atoms with van der Waals surface area (Å²) in [6.07, 6.45) is 1.73. The molecule has 0 amide bonds. The van der Waals surface area contributed by atoms with Crippen molar-refractivity contribution in [3.05, 3.63) is 36.0 Å². The van der Waals surface area contributed by atoms with Crippen LogP contribution in [0.3, 0.4) is 0 Å². The molecular weight excluding hydrogens is 214 g/mol. The van der Waals surface area contributed by atoms with Crippen molar-refractivity contribution in [2.75, 3.05) is 12.3 Å². The zero-order valence-electron chi connectivity index (χ0n) is 9.97. The summed E-state index contributed by atoms with van der Waals surface area (Å²) in [5.41, 5.74) is 8.47. The zero-order valence-corrected chi connectivity index (χ0v) is 9.97. The molecule has 0 spiro atoms. The largest absolute Gasteiger partial charge is 0.494 e. The van der Waals surface area contributed by atoms with E-state index in [4.69, 9.17) is 10.5 Å². The molecule has 1 aromatic carbocycles. The Hall–Kier alpha value is -2.10. The number of rotatable bonds is 3. The van der Waals surface area contributed by atoms with E-state index in [-0.39, 0.29) is 0 Å². The molecule has 0 radical (unpaired) electrons. The molecule has 2 N–H and O–H groups in total. The van der Waals surface area contributed by atoms with E-state index < -0.39 is 0 Å². The highest BCUT2D eigenvalue weighted by atomic mass is 16.5. The van der Waals surface area contributed by atoms with Crippen molar-refractivity contribution < 1.29 is 4.74 Å². The van der Waals surface area contributed by atoms with Crippen molar-refractivity contribution in [1.29, 1.82) is 0 Å². The van der Waals surface area contributed by atoms with E-state index in [1.165, 1.54) is 0 Å². The second kappa shape index (κ2) is 4.82. The predicted molar refractivity (Wildman–Crippen MR) is 67.8 cm³/mol. The second-order valence-corrected chi connectivity index (χ2v) is 3.72. The van der Waals surface area contributed by atoms with Gasteiger partial charge in [0, 0.05) is 11.8 Å². The molecule has 0 unspecified atom stereocenters. The van der Waals surface area contributed by atoms with Gasteiger partial charge in [-0.15, -0.1) is 0 Å². The number of ether oxygens (including phenoxy) is 1. The van der Waals surface area contributed by atoms with E-state index in [1.807, 2.05) is 38.1 Å². The van der Waals surface area contributed by atoms with Gasteiger partial charge in [0.25, 0.3) is 0 Å². The summed E-state index contributed by atoms with van der Waals surface area (Å²) >= 11 is 0. The third-order valence-electron chi connectivity index (χ3n) is 2.43. The summed E-state index contributed by atoms with van der Waals surface area (Å²) in [5, 5.41) is 0. The fourth-order valence-corrected chi connectivity index (χ4v) is 1.62. The summed E-state index contributed by atoms with van der Waals surface area (Å²) < 4.78 is 5.39. The minimum absolute atomic E-state index is 0.291. The first-order chi connectivity index (χ1) is 8.20. The third-order valence-corrected chi connectivity index (χ3v) is 2.43. The van der Waals surface area contributed by atoms with Crippen LogP contribution < -0.4 is 10.5 Å². The second-order valence-electron chi connectivity index (χ2n) is 3.72. The summed E-state index contributed by atoms with van der Waals surface area (Å²) in [6.45, 7) is 4.59. The number of nitrogens with two attached hydrogens (primary N) is 1. The van der Waals surface area contributed by atoms with Gasteiger partial charge in [0.15, 0.2) is 0 Å². The topological polar surface area (TPSA) is 61.0 Å². The summed E-state index contributed by atoms with van der Waals surface area (Å²) in [5.74, 6) is 1.15. The average Bonchev–Trinajstić information content (AvgIpc) is 2.34. The van der Waals surface area contributed by atoms with Gasteiger partial charge < -0.3 is 10.5 Å². The van der Waals surface area contributed by atoms with Crippen molar-refractivity contribution in [3.63, 3.8) is 0 Å². The van der Waals surface area contributed by atoms with Crippen molar-refractivity contribution in [2.24, 2.45) is 0 Å². The normalized spacial score (nSPS) is 10.2. The van der Waals surface area contributed by atoms with Crippen molar-refractivity contribution in [1.82, 2.24) is 9.97 Å². The Labute approximate surface area is 100 Å². The van der Waals surface area contributed by atoms with Gasteiger partial charge in [-0.1, -0.05) is 0 Å². The molecule has 88 valence electrons. The van der Waals surface area contributed by atoms with Crippen LogP contribution in [-0.2, 0) is 0 Å². The molecule has 2 aromatic rings. The molecule has 0 saturated carbocycles. The standard InChI is InChI=1S/C13H15N3O/c1-3-17-11-6-4-10(5-7-11)12-9(2)8-15-13(14)16-12/h4-8H,3H2,1-2H3,(H2,14,15,16). The van der Waals surface area contributed by atoms with Crippen LogP contribution in [0, 0.1) is 6.92 Å². The number of benzene rings is 1. The van der Waals surface area contributed by atoms with Crippen LogP contribution in [0.5, 0.6) is 5.75 Å². The highest BCUT2D eigenvalue weighted by Crippen LogP contribution is 2.23. The molecule has 0 saturated heterocycles. The SMILES string of the molecule is CCOc1ccc(-c2nc(N)ncc2C)cc1. The minimum atomic E-state index is 0.291. The maximum atomic E-state index is 5.60. The molecule has 4 heteroatoms. The first-order valence-corrected chi connectivity index (χ1v) is 5.53. The van der Waals surface area contributed by atoms with Crippen molar-refractivity contribution in [2.45, 2.75) is 13.8 Å². The lowest BCUT2D eigenvalue weighted by atomic mass is 10.1. The summed E-state index contributed by atoms with van der Waals surface area (Å²) in [7, 11) is 0. The molecule has 0 aliphatic carbocycles. The highest BCUT2D eigenvalue weighted by molar-refractivity contribution is 5.64. The van der Waals surface area contributed by atoms with Crippen molar-refractivity contribution >= 4 is 5.95 Å². The van der Waals surface area contributed by atoms with E-state index in [9.17, 15) is 0 Å². The fraction of sp³-hybridized carbons (Fsp3) is 0.231. The first kappa shape index (κ1) is 11.4. The maximum absolute atomic E-state index is 5.60. The highest BCUT2D eigenvalue weighted by Gasteiger charge is 2.05. The number of nitrogens with zero attached hydrogens (tertiary/aromatic N) is 2. The Bertz CT molecular complexity index is 509. The van der Waals surface area contributed by atoms with Crippen LogP contribution in [0.1, 0.15) is 12.5 Å². The van der Waals surface area contributed by atoms with Gasteiger partial charge in [0.05, 0.1) is 12.3 Å². The Morgan fingerprint density at radius 3 is 2.59 bits per heavy atom. The van der Waals surface area contributed by atoms with E-state index in [0.29, 0.717) is 12.6 Å². The van der Waals surface area contributed by atoms with Gasteiger partial charge in [-0.3, -0.25) is 0 Å². The molecule has 17 heavy (non-hydrogen) atoms.